The molecule has 82 valence electrons. The minimum Gasteiger partial charge on any atom is -0.260 e. The molecule has 0 N–H and O–H groups in total. The van der Waals surface area contributed by atoms with Crippen LogP contribution in [-0.4, -0.2) is 4.98 Å². The molecule has 2 aromatic rings. The van der Waals surface area contributed by atoms with Crippen LogP contribution in [0.2, 0.25) is 0 Å². The van der Waals surface area contributed by atoms with Gasteiger partial charge in [0, 0.05) is 6.20 Å². The smallest absolute Gasteiger partial charge is 0.0733 e. The summed E-state index contributed by atoms with van der Waals surface area (Å²) in [6.07, 6.45) is 1.81. The van der Waals surface area contributed by atoms with Gasteiger partial charge in [-0.05, 0) is 17.7 Å². The fourth-order valence-electron chi connectivity index (χ4n) is 1.49. The lowest BCUT2D eigenvalue weighted by Crippen LogP contribution is -2.00. The number of aromatic nitrogens is 1. The molecule has 1 nitrogen and oxygen atoms in total. The lowest BCUT2D eigenvalue weighted by Gasteiger charge is -2.16. The Morgan fingerprint density at radius 2 is 1.50 bits per heavy atom. The van der Waals surface area contributed by atoms with Gasteiger partial charge in [0.05, 0.1) is 15.3 Å². The van der Waals surface area contributed by atoms with Crippen molar-refractivity contribution in [3.05, 3.63) is 66.0 Å². The molecule has 0 aliphatic carbocycles. The average Bonchev–Trinajstić information content (AvgIpc) is 2.39. The molecule has 0 saturated carbocycles. The number of hydrogen-bond acceptors (Lipinski definition) is 1. The first kappa shape index (κ1) is 11.8. The monoisotopic (exact) mass is 339 g/mol. The van der Waals surface area contributed by atoms with E-state index in [-0.39, 0.29) is 9.65 Å². The van der Waals surface area contributed by atoms with Crippen molar-refractivity contribution >= 4 is 31.9 Å². The molecule has 0 fully saturated rings. The number of rotatable bonds is 3. The van der Waals surface area contributed by atoms with E-state index in [9.17, 15) is 0 Å². The van der Waals surface area contributed by atoms with E-state index in [2.05, 4.69) is 49.0 Å². The van der Waals surface area contributed by atoms with Crippen molar-refractivity contribution in [2.45, 2.75) is 9.65 Å². The second kappa shape index (κ2) is 5.60. The van der Waals surface area contributed by atoms with Crippen LogP contribution in [0.15, 0.2) is 54.7 Å². The van der Waals surface area contributed by atoms with Crippen molar-refractivity contribution in [1.29, 1.82) is 0 Å². The van der Waals surface area contributed by atoms with Gasteiger partial charge in [-0.25, -0.2) is 0 Å². The number of halogens is 2. The van der Waals surface area contributed by atoms with Gasteiger partial charge in [0.25, 0.3) is 0 Å². The zero-order valence-corrected chi connectivity index (χ0v) is 11.7. The summed E-state index contributed by atoms with van der Waals surface area (Å²) < 4.78 is 0. The molecular weight excluding hydrogens is 330 g/mol. The first-order valence-corrected chi connectivity index (χ1v) is 6.86. The van der Waals surface area contributed by atoms with Gasteiger partial charge >= 0.3 is 0 Å². The van der Waals surface area contributed by atoms with Gasteiger partial charge in [-0.3, -0.25) is 4.98 Å². The van der Waals surface area contributed by atoms with E-state index in [0.29, 0.717) is 0 Å². The molecule has 1 heterocycles. The molecule has 0 spiro atoms. The van der Waals surface area contributed by atoms with Crippen LogP contribution >= 0.6 is 31.9 Å². The molecule has 0 aliphatic rings. The molecule has 0 saturated heterocycles. The number of pyridine rings is 1. The van der Waals surface area contributed by atoms with E-state index in [1.807, 2.05) is 42.6 Å². The SMILES string of the molecule is Br[C@@H](c1ccccc1)[C@@H](Br)c1ccccn1. The zero-order chi connectivity index (χ0) is 11.4. The Labute approximate surface area is 112 Å². The maximum Gasteiger partial charge on any atom is 0.0733 e. The summed E-state index contributed by atoms with van der Waals surface area (Å²) in [7, 11) is 0. The molecule has 0 bridgehead atoms. The van der Waals surface area contributed by atoms with Crippen LogP contribution in [0.1, 0.15) is 20.9 Å². The highest BCUT2D eigenvalue weighted by atomic mass is 79.9. The minimum absolute atomic E-state index is 0.177. The number of nitrogens with zero attached hydrogens (tertiary/aromatic N) is 1. The summed E-state index contributed by atoms with van der Waals surface area (Å²) in [4.78, 5) is 4.75. The van der Waals surface area contributed by atoms with Crippen LogP contribution in [0.25, 0.3) is 0 Å². The molecule has 0 aliphatic heterocycles. The molecule has 0 amide bonds. The van der Waals surface area contributed by atoms with Gasteiger partial charge in [0.1, 0.15) is 0 Å². The van der Waals surface area contributed by atoms with Crippen molar-refractivity contribution in [1.82, 2.24) is 4.98 Å². The van der Waals surface area contributed by atoms with Crippen molar-refractivity contribution in [3.8, 4) is 0 Å². The van der Waals surface area contributed by atoms with Crippen molar-refractivity contribution in [2.24, 2.45) is 0 Å². The van der Waals surface area contributed by atoms with Crippen LogP contribution in [0.5, 0.6) is 0 Å². The summed E-state index contributed by atoms with van der Waals surface area (Å²) in [5.41, 5.74) is 2.28. The van der Waals surface area contributed by atoms with E-state index in [1.54, 1.807) is 0 Å². The van der Waals surface area contributed by atoms with Crippen molar-refractivity contribution < 1.29 is 0 Å². The van der Waals surface area contributed by atoms with Gasteiger partial charge < -0.3 is 0 Å². The van der Waals surface area contributed by atoms with Crippen LogP contribution in [0.4, 0.5) is 0 Å². The van der Waals surface area contributed by atoms with E-state index in [1.165, 1.54) is 5.56 Å². The summed E-state index contributed by atoms with van der Waals surface area (Å²) in [5, 5.41) is 0. The average molecular weight is 341 g/mol. The Kier molecular flexibility index (Phi) is 4.13. The van der Waals surface area contributed by atoms with Crippen LogP contribution < -0.4 is 0 Å². The summed E-state index contributed by atoms with van der Waals surface area (Å²) in [5.74, 6) is 0. The van der Waals surface area contributed by atoms with Crippen molar-refractivity contribution in [3.63, 3.8) is 0 Å². The summed E-state index contributed by atoms with van der Waals surface area (Å²) in [6.45, 7) is 0. The van der Waals surface area contributed by atoms with Crippen molar-refractivity contribution in [2.75, 3.05) is 0 Å². The Hall–Kier alpha value is -0.670. The zero-order valence-electron chi connectivity index (χ0n) is 8.55. The molecule has 0 radical (unpaired) electrons. The van der Waals surface area contributed by atoms with Gasteiger partial charge in [-0.15, -0.1) is 0 Å². The predicted octanol–water partition coefficient (Wildman–Crippen LogP) is 4.65. The predicted molar refractivity (Wildman–Crippen MR) is 74.0 cm³/mol. The molecule has 1 aromatic carbocycles. The van der Waals surface area contributed by atoms with E-state index < -0.39 is 0 Å². The second-order valence-electron chi connectivity index (χ2n) is 3.47. The fraction of sp³-hybridized carbons (Fsp3) is 0.154. The highest BCUT2D eigenvalue weighted by Gasteiger charge is 2.20. The topological polar surface area (TPSA) is 12.9 Å². The van der Waals surface area contributed by atoms with Crippen LogP contribution in [0, 0.1) is 0 Å². The highest BCUT2D eigenvalue weighted by Crippen LogP contribution is 2.41. The normalized spacial score (nSPS) is 14.4. The molecular formula is C13H11Br2N. The Bertz CT molecular complexity index is 387. The van der Waals surface area contributed by atoms with Gasteiger partial charge in [0.15, 0.2) is 0 Å². The number of benzene rings is 1. The van der Waals surface area contributed by atoms with E-state index in [0.717, 1.165) is 5.69 Å². The van der Waals surface area contributed by atoms with E-state index in [4.69, 9.17) is 0 Å². The lowest BCUT2D eigenvalue weighted by molar-refractivity contribution is 0.895. The maximum atomic E-state index is 4.35. The highest BCUT2D eigenvalue weighted by molar-refractivity contribution is 9.12. The van der Waals surface area contributed by atoms with E-state index >= 15 is 0 Å². The molecule has 2 atom stereocenters. The Morgan fingerprint density at radius 1 is 0.812 bits per heavy atom. The first-order chi connectivity index (χ1) is 7.79. The summed E-state index contributed by atoms with van der Waals surface area (Å²) >= 11 is 7.38. The molecule has 16 heavy (non-hydrogen) atoms. The van der Waals surface area contributed by atoms with Crippen LogP contribution in [0.3, 0.4) is 0 Å². The third-order valence-corrected chi connectivity index (χ3v) is 5.11. The standard InChI is InChI=1S/C13H11Br2N/c14-12(10-6-2-1-3-7-10)13(15)11-8-4-5-9-16-11/h1-9,12-13H/t12-,13-/m0/s1. The quantitative estimate of drug-likeness (QED) is 0.741. The number of hydrogen-bond donors (Lipinski definition) is 0. The van der Waals surface area contributed by atoms with Gasteiger partial charge in [0.2, 0.25) is 0 Å². The molecule has 3 heteroatoms. The Morgan fingerprint density at radius 3 is 2.12 bits per heavy atom. The third-order valence-electron chi connectivity index (χ3n) is 2.35. The Balaban J connectivity index is 2.20. The molecule has 0 unspecified atom stereocenters. The molecule has 2 rings (SSSR count). The lowest BCUT2D eigenvalue weighted by atomic mass is 10.1. The number of alkyl halides is 2. The summed E-state index contributed by atoms with van der Waals surface area (Å²) in [6, 6.07) is 16.3. The second-order valence-corrected chi connectivity index (χ2v) is 5.44. The largest absolute Gasteiger partial charge is 0.260 e. The van der Waals surface area contributed by atoms with Crippen LogP contribution in [-0.2, 0) is 0 Å². The van der Waals surface area contributed by atoms with Gasteiger partial charge in [-0.2, -0.15) is 0 Å². The minimum atomic E-state index is 0.177. The molecule has 1 aromatic heterocycles. The maximum absolute atomic E-state index is 4.35. The van der Waals surface area contributed by atoms with Gasteiger partial charge in [-0.1, -0.05) is 68.3 Å². The first-order valence-electron chi connectivity index (χ1n) is 5.03. The third kappa shape index (κ3) is 2.71. The fourth-order valence-corrected chi connectivity index (χ4v) is 2.65.